The van der Waals surface area contributed by atoms with Crippen LogP contribution >= 0.6 is 28.3 Å². The number of carbonyl (C=O) groups is 2. The van der Waals surface area contributed by atoms with E-state index in [9.17, 15) is 9.59 Å². The first-order valence-electron chi connectivity index (χ1n) is 7.35. The number of nitrogens with two attached hydrogens (primary N) is 1. The molecule has 7 heteroatoms. The van der Waals surface area contributed by atoms with Crippen LogP contribution in [0.5, 0.6) is 0 Å². The molecule has 0 radical (unpaired) electrons. The van der Waals surface area contributed by atoms with Gasteiger partial charge in [0.2, 0.25) is 0 Å². The molecule has 0 aliphatic carbocycles. The highest BCUT2D eigenvalue weighted by atomic mass is 79.9. The summed E-state index contributed by atoms with van der Waals surface area (Å²) in [5, 5.41) is 2.83. The van der Waals surface area contributed by atoms with Crippen molar-refractivity contribution in [1.29, 1.82) is 0 Å². The average Bonchev–Trinajstić information content (AvgIpc) is 2.80. The Balaban J connectivity index is 0.00000288. The van der Waals surface area contributed by atoms with Gasteiger partial charge in [-0.15, -0.1) is 12.4 Å². The molecular formula is C17H21BrClN3O2. The fourth-order valence-electron chi connectivity index (χ4n) is 2.74. The van der Waals surface area contributed by atoms with Crippen molar-refractivity contribution in [2.75, 3.05) is 11.1 Å². The first kappa shape index (κ1) is 20.3. The van der Waals surface area contributed by atoms with Gasteiger partial charge in [-0.25, -0.2) is 0 Å². The Labute approximate surface area is 155 Å². The van der Waals surface area contributed by atoms with E-state index in [0.717, 1.165) is 15.6 Å². The average molecular weight is 415 g/mol. The second-order valence-electron chi connectivity index (χ2n) is 5.53. The summed E-state index contributed by atoms with van der Waals surface area (Å²) in [6.45, 7) is 7.10. The van der Waals surface area contributed by atoms with Crippen LogP contribution in [0, 0.1) is 13.8 Å². The molecule has 130 valence electrons. The minimum absolute atomic E-state index is 0. The molecule has 2 rings (SSSR count). The van der Waals surface area contributed by atoms with Gasteiger partial charge in [0.25, 0.3) is 5.91 Å². The van der Waals surface area contributed by atoms with Gasteiger partial charge in [0, 0.05) is 15.7 Å². The molecule has 0 aliphatic heterocycles. The number of nitrogen functional groups attached to an aromatic ring is 1. The molecule has 0 saturated heterocycles. The highest BCUT2D eigenvalue weighted by molar-refractivity contribution is 9.10. The third-order valence-electron chi connectivity index (χ3n) is 3.82. The van der Waals surface area contributed by atoms with Gasteiger partial charge in [0.15, 0.2) is 5.78 Å². The summed E-state index contributed by atoms with van der Waals surface area (Å²) >= 11 is 3.40. The van der Waals surface area contributed by atoms with E-state index in [1.807, 2.05) is 19.9 Å². The zero-order valence-electron chi connectivity index (χ0n) is 14.0. The second kappa shape index (κ2) is 7.85. The number of carbonyl (C=O) groups excluding carboxylic acids is 2. The zero-order valence-corrected chi connectivity index (χ0v) is 16.4. The van der Waals surface area contributed by atoms with Crippen molar-refractivity contribution in [3.05, 3.63) is 44.7 Å². The Morgan fingerprint density at radius 3 is 2.46 bits per heavy atom. The summed E-state index contributed by atoms with van der Waals surface area (Å²) in [6, 6.07) is 3.64. The third kappa shape index (κ3) is 3.82. The highest BCUT2D eigenvalue weighted by Gasteiger charge is 2.22. The van der Waals surface area contributed by atoms with Crippen LogP contribution in [0.25, 0.3) is 0 Å². The molecule has 0 spiro atoms. The first-order valence-corrected chi connectivity index (χ1v) is 8.14. The lowest BCUT2D eigenvalue weighted by molar-refractivity contribution is 0.101. The molecule has 1 aromatic heterocycles. The Hall–Kier alpha value is -1.79. The lowest BCUT2D eigenvalue weighted by Gasteiger charge is -2.11. The fraction of sp³-hybridized carbons (Fsp3) is 0.294. The number of aromatic nitrogens is 1. The number of ketones is 1. The van der Waals surface area contributed by atoms with Crippen molar-refractivity contribution in [3.8, 4) is 0 Å². The molecule has 2 aromatic rings. The number of halogens is 2. The standard InChI is InChI=1S/C17H20BrN3O2.ClH/c1-5-12-14(10(4)22)9(3)20-16(12)17(23)21-13-7-11(18)6-8(2)15(13)19;/h6-7,20H,5,19H2,1-4H3,(H,21,23);1H. The van der Waals surface area contributed by atoms with Crippen molar-refractivity contribution in [1.82, 2.24) is 4.98 Å². The number of aryl methyl sites for hydroxylation is 2. The van der Waals surface area contributed by atoms with Crippen LogP contribution in [0.2, 0.25) is 0 Å². The van der Waals surface area contributed by atoms with E-state index in [-0.39, 0.29) is 24.1 Å². The molecule has 0 unspecified atom stereocenters. The largest absolute Gasteiger partial charge is 0.397 e. The highest BCUT2D eigenvalue weighted by Crippen LogP contribution is 2.29. The van der Waals surface area contributed by atoms with Crippen LogP contribution in [-0.4, -0.2) is 16.7 Å². The van der Waals surface area contributed by atoms with Gasteiger partial charge in [-0.1, -0.05) is 22.9 Å². The maximum Gasteiger partial charge on any atom is 0.272 e. The number of hydrogen-bond acceptors (Lipinski definition) is 3. The molecule has 1 heterocycles. The molecule has 0 bridgehead atoms. The van der Waals surface area contributed by atoms with Crippen molar-refractivity contribution in [2.24, 2.45) is 0 Å². The molecule has 5 nitrogen and oxygen atoms in total. The van der Waals surface area contributed by atoms with E-state index in [2.05, 4.69) is 26.2 Å². The normalized spacial score (nSPS) is 10.2. The Morgan fingerprint density at radius 2 is 1.92 bits per heavy atom. The quantitative estimate of drug-likeness (QED) is 0.511. The number of benzene rings is 1. The lowest BCUT2D eigenvalue weighted by atomic mass is 10.0. The predicted octanol–water partition coefficient (Wildman–Crippen LogP) is 4.42. The molecule has 0 saturated carbocycles. The summed E-state index contributed by atoms with van der Waals surface area (Å²) in [4.78, 5) is 27.5. The van der Waals surface area contributed by atoms with Crippen LogP contribution in [0.1, 0.15) is 51.5 Å². The van der Waals surface area contributed by atoms with Crippen molar-refractivity contribution in [3.63, 3.8) is 0 Å². The SMILES string of the molecule is CCc1c(C(=O)Nc2cc(Br)cc(C)c2N)[nH]c(C)c1C(C)=O.Cl. The minimum Gasteiger partial charge on any atom is -0.397 e. The number of Topliss-reactive ketones (excluding diaryl/α,β-unsaturated/α-hetero) is 1. The van der Waals surface area contributed by atoms with Crippen molar-refractivity contribution in [2.45, 2.75) is 34.1 Å². The maximum absolute atomic E-state index is 12.6. The molecule has 0 atom stereocenters. The van der Waals surface area contributed by atoms with E-state index >= 15 is 0 Å². The van der Waals surface area contributed by atoms with Crippen LogP contribution < -0.4 is 11.1 Å². The number of anilines is 2. The maximum atomic E-state index is 12.6. The van der Waals surface area contributed by atoms with Gasteiger partial charge in [-0.05, 0) is 50.5 Å². The van der Waals surface area contributed by atoms with E-state index < -0.39 is 0 Å². The van der Waals surface area contributed by atoms with Gasteiger partial charge >= 0.3 is 0 Å². The van der Waals surface area contributed by atoms with Gasteiger partial charge in [-0.3, -0.25) is 9.59 Å². The second-order valence-corrected chi connectivity index (χ2v) is 6.44. The Kier molecular flexibility index (Phi) is 6.63. The van der Waals surface area contributed by atoms with Crippen molar-refractivity contribution >= 4 is 51.4 Å². The molecule has 24 heavy (non-hydrogen) atoms. The summed E-state index contributed by atoms with van der Waals surface area (Å²) in [6.07, 6.45) is 0.592. The summed E-state index contributed by atoms with van der Waals surface area (Å²) in [5.74, 6) is -0.353. The monoisotopic (exact) mass is 413 g/mol. The molecule has 1 amide bonds. The summed E-state index contributed by atoms with van der Waals surface area (Å²) in [5.41, 5.74) is 10.4. The number of rotatable bonds is 4. The number of H-pyrrole nitrogens is 1. The fourth-order valence-corrected chi connectivity index (χ4v) is 3.32. The van der Waals surface area contributed by atoms with Gasteiger partial charge in [0.05, 0.1) is 11.4 Å². The Morgan fingerprint density at radius 1 is 1.29 bits per heavy atom. The predicted molar refractivity (Wildman–Crippen MR) is 103 cm³/mol. The van der Waals surface area contributed by atoms with E-state index in [1.54, 1.807) is 13.0 Å². The minimum atomic E-state index is -0.304. The number of hydrogen-bond donors (Lipinski definition) is 3. The third-order valence-corrected chi connectivity index (χ3v) is 4.28. The number of nitrogens with one attached hydrogen (secondary N) is 2. The van der Waals surface area contributed by atoms with Gasteiger partial charge < -0.3 is 16.0 Å². The van der Waals surface area contributed by atoms with Crippen LogP contribution in [0.15, 0.2) is 16.6 Å². The summed E-state index contributed by atoms with van der Waals surface area (Å²) in [7, 11) is 0. The molecule has 0 fully saturated rings. The van der Waals surface area contributed by atoms with E-state index in [0.29, 0.717) is 34.7 Å². The zero-order chi connectivity index (χ0) is 17.3. The van der Waals surface area contributed by atoms with Crippen LogP contribution in [-0.2, 0) is 6.42 Å². The molecule has 0 aliphatic rings. The molecular weight excluding hydrogens is 394 g/mol. The van der Waals surface area contributed by atoms with Gasteiger partial charge in [0.1, 0.15) is 5.69 Å². The van der Waals surface area contributed by atoms with Gasteiger partial charge in [-0.2, -0.15) is 0 Å². The number of aromatic amines is 1. The topological polar surface area (TPSA) is 88.0 Å². The lowest BCUT2D eigenvalue weighted by Crippen LogP contribution is -2.16. The van der Waals surface area contributed by atoms with E-state index in [1.165, 1.54) is 6.92 Å². The number of amides is 1. The first-order chi connectivity index (χ1) is 10.8. The van der Waals surface area contributed by atoms with Crippen LogP contribution in [0.4, 0.5) is 11.4 Å². The molecule has 1 aromatic carbocycles. The smallest absolute Gasteiger partial charge is 0.272 e. The van der Waals surface area contributed by atoms with E-state index in [4.69, 9.17) is 5.73 Å². The molecule has 4 N–H and O–H groups in total. The summed E-state index contributed by atoms with van der Waals surface area (Å²) < 4.78 is 0.835. The Bertz CT molecular complexity index is 800. The van der Waals surface area contributed by atoms with Crippen molar-refractivity contribution < 1.29 is 9.59 Å². The van der Waals surface area contributed by atoms with Crippen LogP contribution in [0.3, 0.4) is 0 Å².